The summed E-state index contributed by atoms with van der Waals surface area (Å²) < 4.78 is 31.6. The van der Waals surface area contributed by atoms with Crippen LogP contribution in [0.15, 0.2) is 27.0 Å². The van der Waals surface area contributed by atoms with Crippen molar-refractivity contribution in [2.75, 3.05) is 0 Å². The van der Waals surface area contributed by atoms with Gasteiger partial charge in [-0.2, -0.15) is 8.42 Å². The zero-order valence-corrected chi connectivity index (χ0v) is 9.86. The van der Waals surface area contributed by atoms with E-state index in [1.165, 1.54) is 0 Å². The second-order valence-electron chi connectivity index (χ2n) is 2.57. The first-order valence-corrected chi connectivity index (χ1v) is 6.55. The monoisotopic (exact) mass is 293 g/mol. The molecule has 0 atom stereocenters. The molecule has 0 bridgehead atoms. The van der Waals surface area contributed by atoms with Crippen LogP contribution in [0.3, 0.4) is 0 Å². The van der Waals surface area contributed by atoms with Crippen LogP contribution in [-0.2, 0) is 10.1 Å². The molecule has 0 radical (unpaired) electrons. The molecule has 1 N–H and O–H groups in total. The lowest BCUT2D eigenvalue weighted by Crippen LogP contribution is -1.95. The average molecular weight is 294 g/mol. The molecular weight excluding hydrogens is 290 g/mol. The third kappa shape index (κ3) is 1.81. The van der Waals surface area contributed by atoms with E-state index in [-0.39, 0.29) is 4.34 Å². The zero-order chi connectivity index (χ0) is 10.3. The van der Waals surface area contributed by atoms with Crippen LogP contribution >= 0.6 is 27.3 Å². The number of benzene rings is 1. The zero-order valence-electron chi connectivity index (χ0n) is 6.64. The highest BCUT2D eigenvalue weighted by atomic mass is 79.9. The molecule has 0 aliphatic carbocycles. The maximum Gasteiger partial charge on any atom is 0.322 e. The van der Waals surface area contributed by atoms with Crippen LogP contribution in [0.1, 0.15) is 0 Å². The van der Waals surface area contributed by atoms with Crippen molar-refractivity contribution in [1.82, 2.24) is 4.98 Å². The first kappa shape index (κ1) is 10.0. The van der Waals surface area contributed by atoms with E-state index in [4.69, 9.17) is 4.55 Å². The van der Waals surface area contributed by atoms with Gasteiger partial charge < -0.3 is 0 Å². The standard InChI is InChI=1S/C7H4BrNO3S2/c8-4-1-2-5-6(3-4)13-7(9-5)14(10,11)12/h1-3H,(H,10,11,12). The lowest BCUT2D eigenvalue weighted by atomic mass is 10.3. The largest absolute Gasteiger partial charge is 0.322 e. The fourth-order valence-electron chi connectivity index (χ4n) is 0.988. The van der Waals surface area contributed by atoms with Crippen molar-refractivity contribution in [2.24, 2.45) is 0 Å². The Morgan fingerprint density at radius 2 is 2.14 bits per heavy atom. The average Bonchev–Trinajstić information content (AvgIpc) is 2.45. The Morgan fingerprint density at radius 3 is 2.79 bits per heavy atom. The highest BCUT2D eigenvalue weighted by Crippen LogP contribution is 2.27. The molecule has 2 rings (SSSR count). The van der Waals surface area contributed by atoms with E-state index in [2.05, 4.69) is 20.9 Å². The Labute approximate surface area is 92.5 Å². The van der Waals surface area contributed by atoms with Gasteiger partial charge in [-0.25, -0.2) is 4.98 Å². The van der Waals surface area contributed by atoms with Crippen LogP contribution in [0.25, 0.3) is 10.2 Å². The van der Waals surface area contributed by atoms with Crippen LogP contribution in [0, 0.1) is 0 Å². The quantitative estimate of drug-likeness (QED) is 0.819. The summed E-state index contributed by atoms with van der Waals surface area (Å²) in [5.41, 5.74) is 0.561. The Bertz CT molecular complexity index is 590. The van der Waals surface area contributed by atoms with E-state index in [0.717, 1.165) is 15.8 Å². The van der Waals surface area contributed by atoms with Crippen molar-refractivity contribution in [3.63, 3.8) is 0 Å². The van der Waals surface area contributed by atoms with E-state index in [0.29, 0.717) is 10.2 Å². The summed E-state index contributed by atoms with van der Waals surface area (Å²) in [5.74, 6) is 0. The minimum Gasteiger partial charge on any atom is -0.280 e. The van der Waals surface area contributed by atoms with Crippen molar-refractivity contribution < 1.29 is 13.0 Å². The first-order valence-electron chi connectivity index (χ1n) is 3.50. The summed E-state index contributed by atoms with van der Waals surface area (Å²) in [6, 6.07) is 5.20. The number of halogens is 1. The van der Waals surface area contributed by atoms with E-state index in [9.17, 15) is 8.42 Å². The van der Waals surface area contributed by atoms with Gasteiger partial charge in [0.2, 0.25) is 4.34 Å². The summed E-state index contributed by atoms with van der Waals surface area (Å²) in [4.78, 5) is 3.78. The summed E-state index contributed by atoms with van der Waals surface area (Å²) in [5, 5.41) is 0. The van der Waals surface area contributed by atoms with Crippen molar-refractivity contribution >= 4 is 47.6 Å². The van der Waals surface area contributed by atoms with Gasteiger partial charge in [-0.1, -0.05) is 15.9 Å². The van der Waals surface area contributed by atoms with Crippen LogP contribution in [-0.4, -0.2) is 18.0 Å². The second-order valence-corrected chi connectivity index (χ2v) is 6.11. The highest BCUT2D eigenvalue weighted by Gasteiger charge is 2.15. The van der Waals surface area contributed by atoms with Crippen LogP contribution in [0.5, 0.6) is 0 Å². The van der Waals surface area contributed by atoms with Crippen molar-refractivity contribution in [3.8, 4) is 0 Å². The minimum absolute atomic E-state index is 0.273. The normalized spacial score (nSPS) is 12.1. The summed E-state index contributed by atoms with van der Waals surface area (Å²) >= 11 is 4.20. The number of hydrogen-bond acceptors (Lipinski definition) is 4. The number of rotatable bonds is 1. The van der Waals surface area contributed by atoms with Gasteiger partial charge in [-0.15, -0.1) is 11.3 Å². The molecule has 1 aromatic heterocycles. The van der Waals surface area contributed by atoms with E-state index in [1.54, 1.807) is 18.2 Å². The predicted molar refractivity (Wildman–Crippen MR) is 57.1 cm³/mol. The first-order chi connectivity index (χ1) is 6.47. The van der Waals surface area contributed by atoms with E-state index in [1.807, 2.05) is 0 Å². The van der Waals surface area contributed by atoms with Gasteiger partial charge in [0.15, 0.2) is 0 Å². The van der Waals surface area contributed by atoms with Gasteiger partial charge >= 0.3 is 10.1 Å². The molecule has 0 spiro atoms. The van der Waals surface area contributed by atoms with Crippen molar-refractivity contribution in [1.29, 1.82) is 0 Å². The van der Waals surface area contributed by atoms with Crippen molar-refractivity contribution in [2.45, 2.75) is 4.34 Å². The van der Waals surface area contributed by atoms with Gasteiger partial charge in [0.1, 0.15) is 0 Å². The topological polar surface area (TPSA) is 67.3 Å². The molecule has 0 aliphatic rings. The molecule has 0 amide bonds. The number of hydrogen-bond donors (Lipinski definition) is 1. The van der Waals surface area contributed by atoms with Gasteiger partial charge in [-0.3, -0.25) is 4.55 Å². The highest BCUT2D eigenvalue weighted by molar-refractivity contribution is 9.10. The predicted octanol–water partition coefficient (Wildman–Crippen LogP) is 2.31. The molecule has 2 aromatic rings. The molecule has 4 nitrogen and oxygen atoms in total. The van der Waals surface area contributed by atoms with Crippen LogP contribution in [0.4, 0.5) is 0 Å². The number of thiazole rings is 1. The summed E-state index contributed by atoms with van der Waals surface area (Å²) in [7, 11) is -4.19. The van der Waals surface area contributed by atoms with Crippen molar-refractivity contribution in [3.05, 3.63) is 22.7 Å². The molecule has 14 heavy (non-hydrogen) atoms. The molecule has 0 fully saturated rings. The fourth-order valence-corrected chi connectivity index (χ4v) is 3.14. The fraction of sp³-hybridized carbons (Fsp3) is 0. The molecule has 0 aliphatic heterocycles. The van der Waals surface area contributed by atoms with E-state index < -0.39 is 10.1 Å². The maximum atomic E-state index is 10.8. The maximum absolute atomic E-state index is 10.8. The van der Waals surface area contributed by atoms with Crippen LogP contribution < -0.4 is 0 Å². The molecule has 74 valence electrons. The number of fused-ring (bicyclic) bond motifs is 1. The molecule has 0 unspecified atom stereocenters. The lowest BCUT2D eigenvalue weighted by Gasteiger charge is -1.86. The SMILES string of the molecule is O=S(=O)(O)c1nc2ccc(Br)cc2s1. The smallest absolute Gasteiger partial charge is 0.280 e. The molecule has 0 saturated heterocycles. The third-order valence-electron chi connectivity index (χ3n) is 1.55. The van der Waals surface area contributed by atoms with Crippen LogP contribution in [0.2, 0.25) is 0 Å². The summed E-state index contributed by atoms with van der Waals surface area (Å²) in [6.07, 6.45) is 0. The number of nitrogens with zero attached hydrogens (tertiary/aromatic N) is 1. The Morgan fingerprint density at radius 1 is 1.43 bits per heavy atom. The third-order valence-corrected chi connectivity index (χ3v) is 4.27. The van der Waals surface area contributed by atoms with E-state index >= 15 is 0 Å². The Kier molecular flexibility index (Phi) is 2.34. The molecule has 0 saturated carbocycles. The molecule has 1 aromatic carbocycles. The van der Waals surface area contributed by atoms with Gasteiger partial charge in [0.05, 0.1) is 10.2 Å². The van der Waals surface area contributed by atoms with Gasteiger partial charge in [0, 0.05) is 4.47 Å². The summed E-state index contributed by atoms with van der Waals surface area (Å²) in [6.45, 7) is 0. The molecule has 1 heterocycles. The Hall–Kier alpha value is -0.500. The molecular formula is C7H4BrNO3S2. The molecule has 7 heteroatoms. The Balaban J connectivity index is 2.75. The van der Waals surface area contributed by atoms with Gasteiger partial charge in [0.25, 0.3) is 0 Å². The second kappa shape index (κ2) is 3.27. The number of aromatic nitrogens is 1. The van der Waals surface area contributed by atoms with Gasteiger partial charge in [-0.05, 0) is 18.2 Å². The minimum atomic E-state index is -4.19. The lowest BCUT2D eigenvalue weighted by molar-refractivity contribution is 0.482.